The fourth-order valence-corrected chi connectivity index (χ4v) is 1.82. The summed E-state index contributed by atoms with van der Waals surface area (Å²) >= 11 is 5.96. The van der Waals surface area contributed by atoms with Crippen molar-refractivity contribution in [1.29, 1.82) is 0 Å². The zero-order chi connectivity index (χ0) is 15.2. The number of nitrogens with zero attached hydrogens (tertiary/aromatic N) is 1. The van der Waals surface area contributed by atoms with Gasteiger partial charge in [-0.05, 0) is 18.2 Å². The van der Waals surface area contributed by atoms with Crippen LogP contribution in [-0.4, -0.2) is 24.3 Å². The minimum Gasteiger partial charge on any atom is -0.507 e. The predicted molar refractivity (Wildman–Crippen MR) is 81.2 cm³/mol. The topological polar surface area (TPSA) is 70.9 Å². The molecule has 0 atom stereocenters. The fourth-order valence-electron chi connectivity index (χ4n) is 1.63. The number of nitrogens with one attached hydrogen (secondary N) is 1. The number of benzene rings is 2. The number of hydrogen-bond donors (Lipinski definition) is 2. The third-order valence-corrected chi connectivity index (χ3v) is 3.07. The van der Waals surface area contributed by atoms with Gasteiger partial charge in [-0.25, -0.2) is 5.43 Å². The van der Waals surface area contributed by atoms with E-state index >= 15 is 0 Å². The van der Waals surface area contributed by atoms with Gasteiger partial charge in [0.05, 0.1) is 18.9 Å². The summed E-state index contributed by atoms with van der Waals surface area (Å²) < 4.78 is 4.95. The van der Waals surface area contributed by atoms with Crippen LogP contribution in [0.4, 0.5) is 0 Å². The first-order valence-corrected chi connectivity index (χ1v) is 6.44. The van der Waals surface area contributed by atoms with E-state index in [0.717, 1.165) is 0 Å². The van der Waals surface area contributed by atoms with Crippen LogP contribution in [0.5, 0.6) is 11.5 Å². The van der Waals surface area contributed by atoms with Crippen molar-refractivity contribution in [2.45, 2.75) is 0 Å². The Morgan fingerprint density at radius 1 is 1.33 bits per heavy atom. The molecular formula is C15H13ClN2O3. The molecule has 2 aromatic carbocycles. The second-order valence-corrected chi connectivity index (χ2v) is 4.51. The monoisotopic (exact) mass is 304 g/mol. The highest BCUT2D eigenvalue weighted by molar-refractivity contribution is 6.33. The number of phenols is 1. The van der Waals surface area contributed by atoms with Crippen molar-refractivity contribution < 1.29 is 14.6 Å². The predicted octanol–water partition coefficient (Wildman–Crippen LogP) is 2.82. The summed E-state index contributed by atoms with van der Waals surface area (Å²) in [4.78, 5) is 11.9. The van der Waals surface area contributed by atoms with E-state index in [-0.39, 0.29) is 11.3 Å². The molecule has 0 saturated heterocycles. The number of amides is 1. The summed E-state index contributed by atoms with van der Waals surface area (Å²) in [5.74, 6) is -0.248. The number of aromatic hydroxyl groups is 1. The molecule has 6 heteroatoms. The van der Waals surface area contributed by atoms with Crippen LogP contribution in [0.1, 0.15) is 15.9 Å². The molecule has 5 nitrogen and oxygen atoms in total. The van der Waals surface area contributed by atoms with Gasteiger partial charge >= 0.3 is 0 Å². The molecule has 0 bridgehead atoms. The van der Waals surface area contributed by atoms with Crippen LogP contribution >= 0.6 is 11.6 Å². The number of phenolic OH excluding ortho intramolecular Hbond substituents is 1. The Kier molecular flexibility index (Phi) is 4.79. The molecule has 2 N–H and O–H groups in total. The van der Waals surface area contributed by atoms with E-state index in [9.17, 15) is 9.90 Å². The number of hydrogen-bond acceptors (Lipinski definition) is 4. The lowest BCUT2D eigenvalue weighted by molar-refractivity contribution is 0.0952. The molecule has 0 unspecified atom stereocenters. The van der Waals surface area contributed by atoms with Gasteiger partial charge < -0.3 is 9.84 Å². The minimum absolute atomic E-state index is 0.104. The quantitative estimate of drug-likeness (QED) is 0.674. The third kappa shape index (κ3) is 3.73. The van der Waals surface area contributed by atoms with Gasteiger partial charge in [-0.15, -0.1) is 0 Å². The van der Waals surface area contributed by atoms with E-state index in [2.05, 4.69) is 10.5 Å². The van der Waals surface area contributed by atoms with Crippen LogP contribution in [0.2, 0.25) is 5.02 Å². The number of hydrazone groups is 1. The number of halogens is 1. The Labute approximate surface area is 126 Å². The van der Waals surface area contributed by atoms with Crippen molar-refractivity contribution in [2.24, 2.45) is 5.10 Å². The summed E-state index contributed by atoms with van der Waals surface area (Å²) in [7, 11) is 1.47. The van der Waals surface area contributed by atoms with Gasteiger partial charge in [-0.3, -0.25) is 4.79 Å². The number of methoxy groups -OCH3 is 1. The largest absolute Gasteiger partial charge is 0.507 e. The Bertz CT molecular complexity index is 686. The summed E-state index contributed by atoms with van der Waals surface area (Å²) in [6, 6.07) is 11.5. The Morgan fingerprint density at radius 2 is 2.10 bits per heavy atom. The molecule has 2 rings (SSSR count). The molecule has 1 amide bonds. The van der Waals surface area contributed by atoms with Crippen LogP contribution < -0.4 is 10.2 Å². The maximum absolute atomic E-state index is 11.9. The SMILES string of the molecule is COc1ccc(C(=O)N/N=C\c2ccccc2Cl)c(O)c1. The lowest BCUT2D eigenvalue weighted by Gasteiger charge is -2.05. The number of ether oxygens (including phenoxy) is 1. The van der Waals surface area contributed by atoms with E-state index in [4.69, 9.17) is 16.3 Å². The molecule has 0 fully saturated rings. The first-order valence-electron chi connectivity index (χ1n) is 6.06. The van der Waals surface area contributed by atoms with Gasteiger partial charge in [0.15, 0.2) is 0 Å². The molecule has 108 valence electrons. The molecule has 2 aromatic rings. The number of carbonyl (C=O) groups is 1. The summed E-state index contributed by atoms with van der Waals surface area (Å²) in [6.45, 7) is 0. The zero-order valence-electron chi connectivity index (χ0n) is 11.2. The van der Waals surface area contributed by atoms with Crippen LogP contribution in [0, 0.1) is 0 Å². The lowest BCUT2D eigenvalue weighted by Crippen LogP contribution is -2.17. The number of rotatable bonds is 4. The van der Waals surface area contributed by atoms with Crippen LogP contribution in [0.3, 0.4) is 0 Å². The fraction of sp³-hybridized carbons (Fsp3) is 0.0667. The van der Waals surface area contributed by atoms with Crippen molar-refractivity contribution in [3.8, 4) is 11.5 Å². The highest BCUT2D eigenvalue weighted by Gasteiger charge is 2.11. The standard InChI is InChI=1S/C15H13ClN2O3/c1-21-11-6-7-12(14(19)8-11)15(20)18-17-9-10-4-2-3-5-13(10)16/h2-9,19H,1H3,(H,18,20)/b17-9-. The van der Waals surface area contributed by atoms with Crippen molar-refractivity contribution in [3.63, 3.8) is 0 Å². The van der Waals surface area contributed by atoms with Gasteiger partial charge in [-0.2, -0.15) is 5.10 Å². The zero-order valence-corrected chi connectivity index (χ0v) is 12.0. The molecule has 0 aliphatic heterocycles. The molecule has 0 saturated carbocycles. The van der Waals surface area contributed by atoms with Crippen molar-refractivity contribution in [2.75, 3.05) is 7.11 Å². The first-order chi connectivity index (χ1) is 10.1. The van der Waals surface area contributed by atoms with Gasteiger partial charge in [-0.1, -0.05) is 29.8 Å². The van der Waals surface area contributed by atoms with Crippen molar-refractivity contribution >= 4 is 23.7 Å². The summed E-state index contributed by atoms with van der Waals surface area (Å²) in [5.41, 5.74) is 3.11. The highest BCUT2D eigenvalue weighted by atomic mass is 35.5. The normalized spacial score (nSPS) is 10.6. The highest BCUT2D eigenvalue weighted by Crippen LogP contribution is 2.23. The molecule has 0 aromatic heterocycles. The van der Waals surface area contributed by atoms with Crippen molar-refractivity contribution in [1.82, 2.24) is 5.43 Å². The molecule has 0 aliphatic rings. The molecule has 0 spiro atoms. The first kappa shape index (κ1) is 14.9. The molecule has 0 heterocycles. The second kappa shape index (κ2) is 6.76. The molecule has 0 radical (unpaired) electrons. The summed E-state index contributed by atoms with van der Waals surface area (Å²) in [5, 5.41) is 14.1. The van der Waals surface area contributed by atoms with Crippen molar-refractivity contribution in [3.05, 3.63) is 58.6 Å². The van der Waals surface area contributed by atoms with Crippen LogP contribution in [0.25, 0.3) is 0 Å². The molecule has 0 aliphatic carbocycles. The van der Waals surface area contributed by atoms with Gasteiger partial charge in [0, 0.05) is 16.7 Å². The molecule has 21 heavy (non-hydrogen) atoms. The maximum Gasteiger partial charge on any atom is 0.275 e. The van der Waals surface area contributed by atoms with E-state index in [1.165, 1.54) is 25.5 Å². The number of carbonyl (C=O) groups excluding carboxylic acids is 1. The van der Waals surface area contributed by atoms with Gasteiger partial charge in [0.1, 0.15) is 11.5 Å². The smallest absolute Gasteiger partial charge is 0.275 e. The minimum atomic E-state index is -0.529. The van der Waals surface area contributed by atoms with Gasteiger partial charge in [0.25, 0.3) is 5.91 Å². The Morgan fingerprint density at radius 3 is 2.76 bits per heavy atom. The average molecular weight is 305 g/mol. The van der Waals surface area contributed by atoms with Gasteiger partial charge in [0.2, 0.25) is 0 Å². The lowest BCUT2D eigenvalue weighted by atomic mass is 10.2. The summed E-state index contributed by atoms with van der Waals surface area (Å²) in [6.07, 6.45) is 1.43. The van der Waals surface area contributed by atoms with E-state index in [1.54, 1.807) is 24.3 Å². The second-order valence-electron chi connectivity index (χ2n) is 4.10. The third-order valence-electron chi connectivity index (χ3n) is 2.72. The van der Waals surface area contributed by atoms with E-state index in [0.29, 0.717) is 16.3 Å². The maximum atomic E-state index is 11.9. The van der Waals surface area contributed by atoms with E-state index in [1.807, 2.05) is 6.07 Å². The Balaban J connectivity index is 2.07. The average Bonchev–Trinajstić information content (AvgIpc) is 2.48. The van der Waals surface area contributed by atoms with Crippen LogP contribution in [0.15, 0.2) is 47.6 Å². The Hall–Kier alpha value is -2.53. The van der Waals surface area contributed by atoms with E-state index < -0.39 is 5.91 Å². The molecular weight excluding hydrogens is 292 g/mol. The van der Waals surface area contributed by atoms with Crippen LogP contribution in [-0.2, 0) is 0 Å².